The number of anilines is 1. The largest absolute Gasteiger partial charge is 0.345 e. The van der Waals surface area contributed by atoms with Crippen molar-refractivity contribution in [1.82, 2.24) is 29.9 Å². The number of nitrogens with one attached hydrogen (secondary N) is 1. The number of hydrogen-bond donors (Lipinski definition) is 1. The van der Waals surface area contributed by atoms with E-state index >= 15 is 0 Å². The van der Waals surface area contributed by atoms with Gasteiger partial charge >= 0.3 is 6.03 Å². The summed E-state index contributed by atoms with van der Waals surface area (Å²) in [4.78, 5) is 31.6. The minimum atomic E-state index is -0.368. The van der Waals surface area contributed by atoms with E-state index in [1.807, 2.05) is 6.08 Å². The van der Waals surface area contributed by atoms with E-state index in [9.17, 15) is 9.59 Å². The molecule has 0 spiro atoms. The van der Waals surface area contributed by atoms with Gasteiger partial charge in [0, 0.05) is 12.7 Å². The number of amides is 3. The maximum absolute atomic E-state index is 12.3. The third kappa shape index (κ3) is 2.97. The van der Waals surface area contributed by atoms with Gasteiger partial charge in [0.15, 0.2) is 5.69 Å². The van der Waals surface area contributed by atoms with Crippen LogP contribution in [0, 0.1) is 0 Å². The summed E-state index contributed by atoms with van der Waals surface area (Å²) < 4.78 is 1.60. The van der Waals surface area contributed by atoms with E-state index in [0.29, 0.717) is 18.2 Å². The molecule has 4 rings (SSSR count). The minimum Gasteiger partial charge on any atom is -0.314 e. The summed E-state index contributed by atoms with van der Waals surface area (Å²) in [5, 5.41) is 16.1. The molecule has 2 aromatic heterocycles. The molecular weight excluding hydrogens is 358 g/mol. The van der Waals surface area contributed by atoms with Crippen LogP contribution >= 0.6 is 11.3 Å². The van der Waals surface area contributed by atoms with E-state index in [-0.39, 0.29) is 30.3 Å². The van der Waals surface area contributed by atoms with Gasteiger partial charge in [0.05, 0.1) is 24.9 Å². The van der Waals surface area contributed by atoms with Crippen molar-refractivity contribution in [3.05, 3.63) is 42.2 Å². The van der Waals surface area contributed by atoms with Crippen molar-refractivity contribution in [3.8, 4) is 0 Å². The fourth-order valence-corrected chi connectivity index (χ4v) is 3.25. The second-order valence-corrected chi connectivity index (χ2v) is 6.48. The molecule has 2 aromatic rings. The summed E-state index contributed by atoms with van der Waals surface area (Å²) >= 11 is 1.23. The van der Waals surface area contributed by atoms with E-state index < -0.39 is 0 Å². The topological polar surface area (TPSA) is 105 Å². The third-order valence-corrected chi connectivity index (χ3v) is 4.54. The lowest BCUT2D eigenvalue weighted by atomic mass is 10.2. The van der Waals surface area contributed by atoms with Gasteiger partial charge in [-0.1, -0.05) is 17.4 Å². The van der Waals surface area contributed by atoms with Gasteiger partial charge in [-0.2, -0.15) is 10.2 Å². The number of carbonyl (C=O) groups excluding carboxylic acids is 2. The van der Waals surface area contributed by atoms with Gasteiger partial charge in [0.1, 0.15) is 5.51 Å². The molecule has 4 heterocycles. The Bertz CT molecular complexity index is 876. The van der Waals surface area contributed by atoms with Gasteiger partial charge in [-0.05, 0) is 12.1 Å². The highest BCUT2D eigenvalue weighted by atomic mass is 32.1. The molecule has 2 aliphatic rings. The maximum atomic E-state index is 12.3. The molecule has 2 aliphatic heterocycles. The van der Waals surface area contributed by atoms with Gasteiger partial charge in [0.25, 0.3) is 5.91 Å². The SMILES string of the molecule is C=CCON1C(=O)N2CC(n3ccc(C(=O)Nc4nncs4)n3)=CC1C2. The lowest BCUT2D eigenvalue weighted by Gasteiger charge is -2.21. The van der Waals surface area contributed by atoms with Crippen molar-refractivity contribution in [1.29, 1.82) is 0 Å². The molecule has 2 bridgehead atoms. The number of fused-ring (bicyclic) bond motifs is 2. The molecule has 0 saturated carbocycles. The van der Waals surface area contributed by atoms with Crippen LogP contribution in [0.3, 0.4) is 0 Å². The standard InChI is InChI=1S/C15H15N7O3S/c1-2-5-25-22-11-6-10(7-20(8-11)15(22)24)21-4-3-12(19-21)13(23)17-14-18-16-9-26-14/h2-4,6,9,11H,1,5,7-8H2,(H,17,18,23). The Labute approximate surface area is 152 Å². The molecule has 26 heavy (non-hydrogen) atoms. The first-order chi connectivity index (χ1) is 12.7. The Kier molecular flexibility index (Phi) is 4.22. The molecule has 0 aliphatic carbocycles. The minimum absolute atomic E-state index is 0.190. The van der Waals surface area contributed by atoms with Crippen molar-refractivity contribution in [2.75, 3.05) is 25.0 Å². The second kappa shape index (κ2) is 6.69. The van der Waals surface area contributed by atoms with Crippen molar-refractivity contribution >= 4 is 34.1 Å². The van der Waals surface area contributed by atoms with E-state index in [2.05, 4.69) is 27.2 Å². The fourth-order valence-electron chi connectivity index (χ4n) is 2.81. The molecule has 134 valence electrons. The lowest BCUT2D eigenvalue weighted by Crippen LogP contribution is -2.33. The summed E-state index contributed by atoms with van der Waals surface area (Å²) in [6.07, 6.45) is 5.20. The molecule has 3 amide bonds. The van der Waals surface area contributed by atoms with Gasteiger partial charge in [-0.3, -0.25) is 14.9 Å². The Hall–Kier alpha value is -3.05. The molecule has 1 fully saturated rings. The van der Waals surface area contributed by atoms with Crippen molar-refractivity contribution in [2.24, 2.45) is 0 Å². The first-order valence-electron chi connectivity index (χ1n) is 7.82. The average molecular weight is 373 g/mol. The number of carbonyl (C=O) groups is 2. The van der Waals surface area contributed by atoms with Crippen molar-refractivity contribution < 1.29 is 14.4 Å². The molecule has 10 nitrogen and oxygen atoms in total. The molecule has 1 atom stereocenters. The number of urea groups is 1. The van der Waals surface area contributed by atoms with Crippen LogP contribution < -0.4 is 5.32 Å². The summed E-state index contributed by atoms with van der Waals surface area (Å²) in [7, 11) is 0. The van der Waals surface area contributed by atoms with Crippen LogP contribution in [-0.2, 0) is 4.84 Å². The Morgan fingerprint density at radius 1 is 1.54 bits per heavy atom. The van der Waals surface area contributed by atoms with Crippen molar-refractivity contribution in [2.45, 2.75) is 6.04 Å². The number of aromatic nitrogens is 4. The van der Waals surface area contributed by atoms with Crippen LogP contribution in [0.25, 0.3) is 5.70 Å². The first kappa shape index (κ1) is 16.4. The highest BCUT2D eigenvalue weighted by molar-refractivity contribution is 7.13. The Morgan fingerprint density at radius 2 is 2.42 bits per heavy atom. The summed E-state index contributed by atoms with van der Waals surface area (Å²) in [6, 6.07) is 1.22. The van der Waals surface area contributed by atoms with E-state index in [4.69, 9.17) is 4.84 Å². The van der Waals surface area contributed by atoms with E-state index in [0.717, 1.165) is 5.70 Å². The zero-order valence-corrected chi connectivity index (χ0v) is 14.4. The monoisotopic (exact) mass is 373 g/mol. The molecule has 1 N–H and O–H groups in total. The summed E-state index contributed by atoms with van der Waals surface area (Å²) in [5.74, 6) is -0.368. The predicted octanol–water partition coefficient (Wildman–Crippen LogP) is 1.07. The van der Waals surface area contributed by atoms with E-state index in [1.54, 1.807) is 27.9 Å². The third-order valence-electron chi connectivity index (χ3n) is 3.93. The smallest absolute Gasteiger partial charge is 0.314 e. The molecule has 1 unspecified atom stereocenters. The lowest BCUT2D eigenvalue weighted by molar-refractivity contribution is -0.107. The molecule has 1 saturated heterocycles. The van der Waals surface area contributed by atoms with Gasteiger partial charge in [-0.25, -0.2) is 9.48 Å². The summed E-state index contributed by atoms with van der Waals surface area (Å²) in [6.45, 7) is 4.80. The average Bonchev–Trinajstić information content (AvgIpc) is 3.36. The Balaban J connectivity index is 1.50. The van der Waals surface area contributed by atoms with Crippen LogP contribution in [0.15, 0.2) is 36.5 Å². The molecule has 0 radical (unpaired) electrons. The molecule has 11 heteroatoms. The van der Waals surface area contributed by atoms with Crippen molar-refractivity contribution in [3.63, 3.8) is 0 Å². The highest BCUT2D eigenvalue weighted by Crippen LogP contribution is 2.26. The van der Waals surface area contributed by atoms with Crippen LogP contribution in [-0.4, -0.2) is 67.6 Å². The fraction of sp³-hybridized carbons (Fsp3) is 0.267. The number of hydrogen-bond acceptors (Lipinski definition) is 7. The Morgan fingerprint density at radius 3 is 3.19 bits per heavy atom. The zero-order valence-electron chi connectivity index (χ0n) is 13.6. The van der Waals surface area contributed by atoms with Gasteiger partial charge in [-0.15, -0.1) is 16.8 Å². The van der Waals surface area contributed by atoms with Crippen LogP contribution in [0.1, 0.15) is 10.5 Å². The number of hydroxylamine groups is 2. The zero-order chi connectivity index (χ0) is 18.1. The second-order valence-electron chi connectivity index (χ2n) is 5.64. The van der Waals surface area contributed by atoms with Crippen LogP contribution in [0.2, 0.25) is 0 Å². The van der Waals surface area contributed by atoms with Gasteiger partial charge in [0.2, 0.25) is 5.13 Å². The first-order valence-corrected chi connectivity index (χ1v) is 8.70. The van der Waals surface area contributed by atoms with Crippen LogP contribution in [0.4, 0.5) is 9.93 Å². The van der Waals surface area contributed by atoms with Crippen LogP contribution in [0.5, 0.6) is 0 Å². The summed E-state index contributed by atoms with van der Waals surface area (Å²) in [5.41, 5.74) is 2.58. The normalized spacial score (nSPS) is 18.8. The number of rotatable bonds is 6. The molecule has 0 aromatic carbocycles. The predicted molar refractivity (Wildman–Crippen MR) is 93.1 cm³/mol. The maximum Gasteiger partial charge on any atom is 0.345 e. The quantitative estimate of drug-likeness (QED) is 0.759. The number of nitrogens with zero attached hydrogens (tertiary/aromatic N) is 6. The van der Waals surface area contributed by atoms with E-state index in [1.165, 1.54) is 21.9 Å². The van der Waals surface area contributed by atoms with Gasteiger partial charge < -0.3 is 4.90 Å². The molecular formula is C15H15N7O3S. The highest BCUT2D eigenvalue weighted by Gasteiger charge is 2.41.